The van der Waals surface area contributed by atoms with Crippen LogP contribution in [0.25, 0.3) is 0 Å². The maximum absolute atomic E-state index is 13.3. The highest BCUT2D eigenvalue weighted by atomic mass is 16.5. The molecule has 198 valence electrons. The summed E-state index contributed by atoms with van der Waals surface area (Å²) in [6.07, 6.45) is 7.00. The number of rotatable bonds is 13. The maximum atomic E-state index is 13.3. The Morgan fingerprint density at radius 3 is 2.68 bits per heavy atom. The molecule has 1 aromatic rings. The summed E-state index contributed by atoms with van der Waals surface area (Å²) in [6, 6.07) is 10.2. The molecule has 2 rings (SSSR count). The Kier molecular flexibility index (Phi) is 12.5. The topological polar surface area (TPSA) is 121 Å². The molecule has 1 heterocycles. The van der Waals surface area contributed by atoms with Crippen molar-refractivity contribution >= 4 is 17.9 Å². The number of allylic oxidation sites excluding steroid dienone is 2. The molecule has 2 unspecified atom stereocenters. The number of hydrogen-bond acceptors (Lipinski definition) is 6. The number of unbranched alkanes of at least 4 members (excludes halogenated alkanes) is 1. The number of alkyl carbamates (subject to hydrolysis) is 1. The minimum atomic E-state index is -0.813. The number of benzene rings is 1. The van der Waals surface area contributed by atoms with Gasteiger partial charge in [-0.2, -0.15) is 5.26 Å². The van der Waals surface area contributed by atoms with E-state index in [2.05, 4.69) is 23.3 Å². The summed E-state index contributed by atoms with van der Waals surface area (Å²) in [7, 11) is 1.50. The number of likely N-dealkylation sites (tertiary alicyclic amines) is 1. The van der Waals surface area contributed by atoms with Gasteiger partial charge in [-0.15, -0.1) is 0 Å². The lowest BCUT2D eigenvalue weighted by molar-refractivity contribution is -0.136. The lowest BCUT2D eigenvalue weighted by Gasteiger charge is -2.26. The van der Waals surface area contributed by atoms with Crippen LogP contribution in [-0.2, 0) is 25.7 Å². The molecule has 0 radical (unpaired) electrons. The zero-order valence-corrected chi connectivity index (χ0v) is 21.6. The van der Waals surface area contributed by atoms with E-state index in [-0.39, 0.29) is 18.1 Å². The molecule has 1 saturated heterocycles. The average molecular weight is 509 g/mol. The van der Waals surface area contributed by atoms with E-state index in [1.54, 1.807) is 19.1 Å². The molecule has 0 aromatic heterocycles. The molecule has 1 aliphatic heterocycles. The second-order valence-corrected chi connectivity index (χ2v) is 8.53. The molecule has 1 aliphatic rings. The van der Waals surface area contributed by atoms with Gasteiger partial charge in [0.05, 0.1) is 13.2 Å². The predicted octanol–water partition coefficient (Wildman–Crippen LogP) is 3.75. The summed E-state index contributed by atoms with van der Waals surface area (Å²) in [5.74, 6) is -0.253. The smallest absolute Gasteiger partial charge is 0.407 e. The van der Waals surface area contributed by atoms with Crippen LogP contribution in [0.4, 0.5) is 4.79 Å². The molecule has 0 spiro atoms. The number of methoxy groups -OCH3 is 1. The minimum Gasteiger partial charge on any atom is -0.497 e. The van der Waals surface area contributed by atoms with Crippen LogP contribution in [0.3, 0.4) is 0 Å². The maximum Gasteiger partial charge on any atom is 0.407 e. The van der Waals surface area contributed by atoms with Crippen LogP contribution in [-0.4, -0.2) is 55.1 Å². The van der Waals surface area contributed by atoms with Gasteiger partial charge in [-0.25, -0.2) is 4.79 Å². The minimum absolute atomic E-state index is 0.183. The Morgan fingerprint density at radius 1 is 1.27 bits per heavy atom. The van der Waals surface area contributed by atoms with Crippen molar-refractivity contribution in [2.75, 3.05) is 20.2 Å². The molecule has 3 amide bonds. The first-order chi connectivity index (χ1) is 17.9. The summed E-state index contributed by atoms with van der Waals surface area (Å²) in [4.78, 5) is 39.7. The van der Waals surface area contributed by atoms with E-state index < -0.39 is 24.1 Å². The third kappa shape index (κ3) is 9.49. The first kappa shape index (κ1) is 29.2. The molecule has 0 aliphatic carbocycles. The fourth-order valence-corrected chi connectivity index (χ4v) is 3.93. The molecule has 2 atom stereocenters. The van der Waals surface area contributed by atoms with Gasteiger partial charge in [0.15, 0.2) is 0 Å². The van der Waals surface area contributed by atoms with Crippen LogP contribution in [0, 0.1) is 11.3 Å². The van der Waals surface area contributed by atoms with E-state index in [4.69, 9.17) is 9.47 Å². The molecule has 0 bridgehead atoms. The number of hydrogen-bond donors (Lipinski definition) is 2. The van der Waals surface area contributed by atoms with E-state index in [9.17, 15) is 19.6 Å². The molecule has 9 nitrogen and oxygen atoms in total. The summed E-state index contributed by atoms with van der Waals surface area (Å²) in [6.45, 7) is 6.50. The van der Waals surface area contributed by atoms with Gasteiger partial charge in [0.2, 0.25) is 5.91 Å². The second kappa shape index (κ2) is 15.8. The number of carbonyl (C=O) groups excluding carboxylic acids is 3. The van der Waals surface area contributed by atoms with Crippen LogP contribution in [0.1, 0.15) is 44.6 Å². The van der Waals surface area contributed by atoms with Crippen molar-refractivity contribution in [3.8, 4) is 6.07 Å². The zero-order valence-electron chi connectivity index (χ0n) is 21.6. The largest absolute Gasteiger partial charge is 0.497 e. The van der Waals surface area contributed by atoms with Gasteiger partial charge in [0.25, 0.3) is 5.91 Å². The Balaban J connectivity index is 1.94. The van der Waals surface area contributed by atoms with Gasteiger partial charge < -0.3 is 25.0 Å². The molecule has 1 fully saturated rings. The van der Waals surface area contributed by atoms with Crippen molar-refractivity contribution < 1.29 is 23.9 Å². The fraction of sp³-hybridized carbons (Fsp3) is 0.429. The van der Waals surface area contributed by atoms with Crippen LogP contribution in [0.15, 0.2) is 66.5 Å². The van der Waals surface area contributed by atoms with Crippen LogP contribution < -0.4 is 10.6 Å². The first-order valence-corrected chi connectivity index (χ1v) is 12.4. The van der Waals surface area contributed by atoms with Crippen LogP contribution >= 0.6 is 0 Å². The molecule has 1 aromatic carbocycles. The van der Waals surface area contributed by atoms with E-state index in [0.29, 0.717) is 44.5 Å². The third-order valence-electron chi connectivity index (χ3n) is 5.99. The SMILES string of the molecule is C=C/C(=C\C(=C/C)OC)C(=O)NC(CCCCNC(=O)OCc1ccccc1)C(=O)N1CCCC1C#N. The van der Waals surface area contributed by atoms with Crippen LogP contribution in [0.5, 0.6) is 0 Å². The summed E-state index contributed by atoms with van der Waals surface area (Å²) in [5.41, 5.74) is 1.15. The summed E-state index contributed by atoms with van der Waals surface area (Å²) >= 11 is 0. The highest BCUT2D eigenvalue weighted by Crippen LogP contribution is 2.19. The summed E-state index contributed by atoms with van der Waals surface area (Å²) in [5, 5.41) is 14.9. The number of carbonyl (C=O) groups is 3. The van der Waals surface area contributed by atoms with Gasteiger partial charge in [0, 0.05) is 18.7 Å². The van der Waals surface area contributed by atoms with E-state index in [0.717, 1.165) is 12.0 Å². The molecule has 2 N–H and O–H groups in total. The monoisotopic (exact) mass is 508 g/mol. The molecular weight excluding hydrogens is 472 g/mol. The third-order valence-corrected chi connectivity index (χ3v) is 5.99. The van der Waals surface area contributed by atoms with Crippen molar-refractivity contribution in [3.05, 3.63) is 72.0 Å². The van der Waals surface area contributed by atoms with Gasteiger partial charge in [-0.05, 0) is 56.7 Å². The van der Waals surface area contributed by atoms with E-state index in [1.807, 2.05) is 30.3 Å². The Morgan fingerprint density at radius 2 is 2.03 bits per heavy atom. The van der Waals surface area contributed by atoms with Crippen molar-refractivity contribution in [2.24, 2.45) is 0 Å². The quantitative estimate of drug-likeness (QED) is 0.181. The first-order valence-electron chi connectivity index (χ1n) is 12.4. The van der Waals surface area contributed by atoms with Gasteiger partial charge in [0.1, 0.15) is 24.4 Å². The van der Waals surface area contributed by atoms with Gasteiger partial charge in [-0.1, -0.05) is 43.0 Å². The van der Waals surface area contributed by atoms with Crippen molar-refractivity contribution in [3.63, 3.8) is 0 Å². The van der Waals surface area contributed by atoms with E-state index >= 15 is 0 Å². The fourth-order valence-electron chi connectivity index (χ4n) is 3.93. The highest BCUT2D eigenvalue weighted by Gasteiger charge is 2.33. The van der Waals surface area contributed by atoms with Crippen LogP contribution in [0.2, 0.25) is 0 Å². The molecule has 37 heavy (non-hydrogen) atoms. The molecule has 9 heteroatoms. The number of nitrogens with one attached hydrogen (secondary N) is 2. The lowest BCUT2D eigenvalue weighted by Crippen LogP contribution is -2.50. The van der Waals surface area contributed by atoms with Crippen molar-refractivity contribution in [1.29, 1.82) is 5.26 Å². The van der Waals surface area contributed by atoms with Crippen molar-refractivity contribution in [1.82, 2.24) is 15.5 Å². The van der Waals surface area contributed by atoms with Crippen molar-refractivity contribution in [2.45, 2.75) is 57.7 Å². The number of amides is 3. The number of ether oxygens (including phenoxy) is 2. The van der Waals surface area contributed by atoms with E-state index in [1.165, 1.54) is 18.1 Å². The standard InChI is InChI=1S/C28H36N4O5/c1-4-22(18-24(5-2)36-3)26(33)31-25(27(34)32-17-11-14-23(32)19-29)15-9-10-16-30-28(35)37-20-21-12-7-6-8-13-21/h4-8,12-13,18,23,25H,1,9-11,14-17,20H2,2-3H3,(H,30,35)(H,31,33)/b22-18+,24-5+. The Bertz CT molecular complexity index is 1030. The number of nitriles is 1. The normalized spacial score (nSPS) is 16.4. The molecular formula is C28H36N4O5. The lowest BCUT2D eigenvalue weighted by atomic mass is 10.1. The highest BCUT2D eigenvalue weighted by molar-refractivity contribution is 5.99. The summed E-state index contributed by atoms with van der Waals surface area (Å²) < 4.78 is 10.4. The van der Waals surface area contributed by atoms with Gasteiger partial charge >= 0.3 is 6.09 Å². The molecule has 0 saturated carbocycles. The zero-order chi connectivity index (χ0) is 27.0. The Hall–Kier alpha value is -4.06. The number of nitrogens with zero attached hydrogens (tertiary/aromatic N) is 2. The van der Waals surface area contributed by atoms with Gasteiger partial charge in [-0.3, -0.25) is 9.59 Å². The Labute approximate surface area is 218 Å². The predicted molar refractivity (Wildman–Crippen MR) is 140 cm³/mol. The average Bonchev–Trinajstić information content (AvgIpc) is 3.41. The second-order valence-electron chi connectivity index (χ2n) is 8.53.